The van der Waals surface area contributed by atoms with E-state index in [1.807, 2.05) is 0 Å². The zero-order valence-corrected chi connectivity index (χ0v) is 14.7. The Bertz CT molecular complexity index is 931. The number of rotatable bonds is 5. The number of amides is 1. The standard InChI is InChI=1S/C17H16NO7P/c1-23-15-8-12-13(17(19)18-14(12)9-16(15)24-2)7-10-3-5-11(6-4-10)25-26(20,21)22/h3-9H,1-2H3,(H,18,19)(H2,20,21,22)/p-2/b13-7+. The van der Waals surface area contributed by atoms with E-state index in [0.29, 0.717) is 33.9 Å². The number of fused-ring (bicyclic) bond motifs is 1. The van der Waals surface area contributed by atoms with E-state index in [4.69, 9.17) is 9.47 Å². The highest BCUT2D eigenvalue weighted by Gasteiger charge is 2.26. The van der Waals surface area contributed by atoms with Gasteiger partial charge in [-0.3, -0.25) is 4.79 Å². The Labute approximate surface area is 149 Å². The molecular weight excluding hydrogens is 361 g/mol. The lowest BCUT2D eigenvalue weighted by molar-refractivity contribution is -0.333. The normalized spacial score (nSPS) is 14.8. The van der Waals surface area contributed by atoms with E-state index in [9.17, 15) is 19.1 Å². The summed E-state index contributed by atoms with van der Waals surface area (Å²) in [6.07, 6.45) is 1.63. The van der Waals surface area contributed by atoms with E-state index in [0.717, 1.165) is 0 Å². The fraction of sp³-hybridized carbons (Fsp3) is 0.118. The Hall–Kier alpha value is -2.80. The Morgan fingerprint density at radius 2 is 1.65 bits per heavy atom. The molecule has 1 N–H and O–H groups in total. The van der Waals surface area contributed by atoms with Gasteiger partial charge in [-0.2, -0.15) is 0 Å². The zero-order valence-electron chi connectivity index (χ0n) is 13.8. The predicted molar refractivity (Wildman–Crippen MR) is 90.7 cm³/mol. The van der Waals surface area contributed by atoms with Crippen LogP contribution in [0, 0.1) is 0 Å². The second-order valence-corrected chi connectivity index (χ2v) is 6.45. The maximum absolute atomic E-state index is 12.3. The molecule has 0 unspecified atom stereocenters. The third-order valence-electron chi connectivity index (χ3n) is 3.72. The van der Waals surface area contributed by atoms with Crippen molar-refractivity contribution in [1.82, 2.24) is 0 Å². The molecule has 1 aliphatic heterocycles. The minimum Gasteiger partial charge on any atom is -0.780 e. The van der Waals surface area contributed by atoms with Crippen LogP contribution in [0.1, 0.15) is 11.1 Å². The number of anilines is 1. The van der Waals surface area contributed by atoms with E-state index in [2.05, 4.69) is 9.84 Å². The highest BCUT2D eigenvalue weighted by molar-refractivity contribution is 7.43. The molecule has 0 saturated carbocycles. The van der Waals surface area contributed by atoms with Crippen molar-refractivity contribution < 1.29 is 33.1 Å². The van der Waals surface area contributed by atoms with E-state index >= 15 is 0 Å². The van der Waals surface area contributed by atoms with Gasteiger partial charge >= 0.3 is 0 Å². The SMILES string of the molecule is COc1cc2c(cc1OC)/C(=C\c1ccc(OP(=O)([O-])[O-])cc1)C(=O)N2. The smallest absolute Gasteiger partial charge is 0.256 e. The van der Waals surface area contributed by atoms with Crippen molar-refractivity contribution in [2.24, 2.45) is 0 Å². The summed E-state index contributed by atoms with van der Waals surface area (Å²) in [5.74, 6) is 0.593. The van der Waals surface area contributed by atoms with Gasteiger partial charge in [-0.05, 0) is 29.8 Å². The number of ether oxygens (including phenoxy) is 2. The van der Waals surface area contributed by atoms with E-state index in [-0.39, 0.29) is 11.7 Å². The molecule has 8 nitrogen and oxygen atoms in total. The number of carbonyl (C=O) groups is 1. The van der Waals surface area contributed by atoms with Gasteiger partial charge in [0.25, 0.3) is 5.91 Å². The average Bonchev–Trinajstić information content (AvgIpc) is 2.88. The van der Waals surface area contributed by atoms with Crippen LogP contribution in [0.5, 0.6) is 17.2 Å². The summed E-state index contributed by atoms with van der Waals surface area (Å²) < 4.78 is 25.4. The molecule has 2 aromatic carbocycles. The molecular formula is C17H14NO7P-2. The molecule has 26 heavy (non-hydrogen) atoms. The minimum absolute atomic E-state index is 0.0943. The molecule has 9 heteroatoms. The van der Waals surface area contributed by atoms with Crippen molar-refractivity contribution in [3.05, 3.63) is 47.5 Å². The van der Waals surface area contributed by atoms with Crippen molar-refractivity contribution in [3.8, 4) is 17.2 Å². The molecule has 1 amide bonds. The van der Waals surface area contributed by atoms with Crippen molar-refractivity contribution in [2.45, 2.75) is 0 Å². The number of benzene rings is 2. The second-order valence-electron chi connectivity index (χ2n) is 5.37. The summed E-state index contributed by atoms with van der Waals surface area (Å²) in [5, 5.41) is 2.75. The molecule has 1 heterocycles. The molecule has 0 atom stereocenters. The summed E-state index contributed by atoms with van der Waals surface area (Å²) in [4.78, 5) is 33.5. The fourth-order valence-electron chi connectivity index (χ4n) is 2.58. The van der Waals surface area contributed by atoms with Crippen LogP contribution in [0.15, 0.2) is 36.4 Å². The van der Waals surface area contributed by atoms with Gasteiger partial charge in [-0.15, -0.1) is 0 Å². The van der Waals surface area contributed by atoms with Gasteiger partial charge in [0, 0.05) is 17.2 Å². The lowest BCUT2D eigenvalue weighted by Gasteiger charge is -2.28. The highest BCUT2D eigenvalue weighted by Crippen LogP contribution is 2.41. The third-order valence-corrected chi connectivity index (χ3v) is 4.15. The van der Waals surface area contributed by atoms with Crippen molar-refractivity contribution in [1.29, 1.82) is 0 Å². The van der Waals surface area contributed by atoms with Gasteiger partial charge in [-0.25, -0.2) is 0 Å². The van der Waals surface area contributed by atoms with Gasteiger partial charge in [0.05, 0.1) is 19.9 Å². The molecule has 0 bridgehead atoms. The van der Waals surface area contributed by atoms with Crippen LogP contribution in [0.3, 0.4) is 0 Å². The second kappa shape index (κ2) is 6.84. The largest absolute Gasteiger partial charge is 0.780 e. The van der Waals surface area contributed by atoms with Gasteiger partial charge in [0.15, 0.2) is 11.5 Å². The van der Waals surface area contributed by atoms with E-state index in [1.54, 1.807) is 18.2 Å². The summed E-state index contributed by atoms with van der Waals surface area (Å²) in [6, 6.07) is 9.09. The summed E-state index contributed by atoms with van der Waals surface area (Å²) >= 11 is 0. The van der Waals surface area contributed by atoms with Crippen molar-refractivity contribution in [2.75, 3.05) is 19.5 Å². The maximum atomic E-state index is 12.3. The molecule has 0 aliphatic carbocycles. The number of carbonyl (C=O) groups excluding carboxylic acids is 1. The average molecular weight is 375 g/mol. The molecule has 0 radical (unpaired) electrons. The number of nitrogens with one attached hydrogen (secondary N) is 1. The van der Waals surface area contributed by atoms with Crippen LogP contribution in [0.4, 0.5) is 5.69 Å². The first-order chi connectivity index (χ1) is 12.3. The Morgan fingerprint density at radius 3 is 2.23 bits per heavy atom. The van der Waals surface area contributed by atoms with Crippen molar-refractivity contribution in [3.63, 3.8) is 0 Å². The van der Waals surface area contributed by atoms with Gasteiger partial charge in [-0.1, -0.05) is 12.1 Å². The molecule has 136 valence electrons. The first-order valence-electron chi connectivity index (χ1n) is 7.42. The Balaban J connectivity index is 1.95. The third kappa shape index (κ3) is 3.72. The number of hydrogen-bond acceptors (Lipinski definition) is 7. The lowest BCUT2D eigenvalue weighted by Crippen LogP contribution is -2.18. The van der Waals surface area contributed by atoms with Gasteiger partial charge in [0.1, 0.15) is 13.6 Å². The Kier molecular flexibility index (Phi) is 4.73. The predicted octanol–water partition coefficient (Wildman–Crippen LogP) is 1.40. The molecule has 0 spiro atoms. The molecule has 0 fully saturated rings. The summed E-state index contributed by atoms with van der Waals surface area (Å²) in [5.41, 5.74) is 2.28. The van der Waals surface area contributed by atoms with Crippen molar-refractivity contribution >= 4 is 31.1 Å². The van der Waals surface area contributed by atoms with Crippen LogP contribution in [0.2, 0.25) is 0 Å². The number of phosphoric acid groups is 1. The molecule has 2 aromatic rings. The van der Waals surface area contributed by atoms with Gasteiger partial charge < -0.3 is 33.7 Å². The van der Waals surface area contributed by atoms with Gasteiger partial charge in [0.2, 0.25) is 0 Å². The van der Waals surface area contributed by atoms with Crippen LogP contribution in [-0.4, -0.2) is 20.1 Å². The number of hydrogen-bond donors (Lipinski definition) is 1. The molecule has 0 aromatic heterocycles. The maximum Gasteiger partial charge on any atom is 0.256 e. The molecule has 1 aliphatic rings. The quantitative estimate of drug-likeness (QED) is 0.619. The Morgan fingerprint density at radius 1 is 1.04 bits per heavy atom. The van der Waals surface area contributed by atoms with Crippen LogP contribution < -0.4 is 29.1 Å². The van der Waals surface area contributed by atoms with Crippen LogP contribution >= 0.6 is 7.82 Å². The summed E-state index contributed by atoms with van der Waals surface area (Å²) in [7, 11) is -2.10. The van der Waals surface area contributed by atoms with E-state index < -0.39 is 7.82 Å². The van der Waals surface area contributed by atoms with Crippen LogP contribution in [-0.2, 0) is 9.36 Å². The molecule has 3 rings (SSSR count). The first kappa shape index (κ1) is 18.0. The first-order valence-corrected chi connectivity index (χ1v) is 8.88. The minimum atomic E-state index is -5.11. The molecule has 0 saturated heterocycles. The highest BCUT2D eigenvalue weighted by atomic mass is 31.2. The van der Waals surface area contributed by atoms with E-state index in [1.165, 1.54) is 38.5 Å². The number of methoxy groups -OCH3 is 2. The zero-order chi connectivity index (χ0) is 18.9. The topological polar surface area (TPSA) is 120 Å². The monoisotopic (exact) mass is 375 g/mol. The van der Waals surface area contributed by atoms with Crippen LogP contribution in [0.25, 0.3) is 11.6 Å². The number of phosphoric ester groups is 1. The summed E-state index contributed by atoms with van der Waals surface area (Å²) in [6.45, 7) is 0. The lowest BCUT2D eigenvalue weighted by atomic mass is 10.0. The fourth-order valence-corrected chi connectivity index (χ4v) is 2.96.